The van der Waals surface area contributed by atoms with Crippen LogP contribution < -0.4 is 5.32 Å². The van der Waals surface area contributed by atoms with Crippen LogP contribution in [0.3, 0.4) is 0 Å². The Hall–Kier alpha value is -1.69. The monoisotopic (exact) mass is 190 g/mol. The normalized spacial score (nSPS) is 18.1. The summed E-state index contributed by atoms with van der Waals surface area (Å²) in [4.78, 5) is 13.1. The van der Waals surface area contributed by atoms with Crippen molar-refractivity contribution < 1.29 is 4.79 Å². The van der Waals surface area contributed by atoms with E-state index in [2.05, 4.69) is 11.2 Å². The van der Waals surface area contributed by atoms with Gasteiger partial charge in [0.1, 0.15) is 0 Å². The zero-order valence-corrected chi connectivity index (χ0v) is 8.29. The van der Waals surface area contributed by atoms with Crippen LogP contribution in [0.1, 0.15) is 6.92 Å². The summed E-state index contributed by atoms with van der Waals surface area (Å²) in [7, 11) is 0. The molecule has 3 heteroatoms. The molecular weight excluding hydrogens is 176 g/mol. The molecule has 1 saturated heterocycles. The number of rotatable bonds is 2. The van der Waals surface area contributed by atoms with Gasteiger partial charge in [0.25, 0.3) is 0 Å². The molecule has 1 aliphatic rings. The first-order valence-corrected chi connectivity index (χ1v) is 4.55. The van der Waals surface area contributed by atoms with Crippen LogP contribution in [0.15, 0.2) is 23.9 Å². The van der Waals surface area contributed by atoms with E-state index in [1.807, 2.05) is 24.0 Å². The molecule has 0 aromatic heterocycles. The van der Waals surface area contributed by atoms with Crippen LogP contribution in [-0.4, -0.2) is 30.4 Å². The van der Waals surface area contributed by atoms with E-state index in [4.69, 9.17) is 6.42 Å². The van der Waals surface area contributed by atoms with E-state index in [1.165, 1.54) is 0 Å². The van der Waals surface area contributed by atoms with Crippen LogP contribution >= 0.6 is 0 Å². The van der Waals surface area contributed by atoms with Crippen LogP contribution in [0.2, 0.25) is 0 Å². The minimum absolute atomic E-state index is 0.0740. The number of nitrogens with zero attached hydrogens (tertiary/aromatic N) is 1. The Kier molecular flexibility index (Phi) is 3.81. The van der Waals surface area contributed by atoms with Crippen molar-refractivity contribution in [2.24, 2.45) is 0 Å². The molecule has 0 spiro atoms. The number of hydrogen-bond acceptors (Lipinski definition) is 2. The van der Waals surface area contributed by atoms with Crippen molar-refractivity contribution in [3.63, 3.8) is 0 Å². The molecule has 1 N–H and O–H groups in total. The zero-order chi connectivity index (χ0) is 10.4. The molecule has 0 bridgehead atoms. The van der Waals surface area contributed by atoms with Crippen LogP contribution in [0.4, 0.5) is 0 Å². The van der Waals surface area contributed by atoms with E-state index >= 15 is 0 Å². The maximum Gasteiger partial charge on any atom is 0.239 e. The van der Waals surface area contributed by atoms with Crippen LogP contribution in [-0.2, 0) is 4.79 Å². The van der Waals surface area contributed by atoms with Crippen molar-refractivity contribution >= 4 is 5.91 Å². The summed E-state index contributed by atoms with van der Waals surface area (Å²) in [6, 6.07) is 0. The lowest BCUT2D eigenvalue weighted by molar-refractivity contribution is -0.123. The Morgan fingerprint density at radius 3 is 3.14 bits per heavy atom. The molecule has 0 aromatic carbocycles. The summed E-state index contributed by atoms with van der Waals surface area (Å²) in [5, 5.41) is 2.78. The van der Waals surface area contributed by atoms with E-state index in [-0.39, 0.29) is 5.91 Å². The number of nitrogens with one attached hydrogen (secondary N) is 1. The lowest BCUT2D eigenvalue weighted by Gasteiger charge is -2.28. The first kappa shape index (κ1) is 10.4. The lowest BCUT2D eigenvalue weighted by Crippen LogP contribution is -2.46. The third kappa shape index (κ3) is 2.98. The van der Waals surface area contributed by atoms with Gasteiger partial charge in [0.2, 0.25) is 5.91 Å². The van der Waals surface area contributed by atoms with Gasteiger partial charge in [-0.2, -0.15) is 0 Å². The number of piperazine rings is 1. The highest BCUT2D eigenvalue weighted by molar-refractivity contribution is 5.79. The Bertz CT molecular complexity index is 310. The maximum absolute atomic E-state index is 11.1. The van der Waals surface area contributed by atoms with Crippen molar-refractivity contribution in [2.75, 3.05) is 19.6 Å². The molecule has 1 fully saturated rings. The highest BCUT2D eigenvalue weighted by atomic mass is 16.2. The highest BCUT2D eigenvalue weighted by Gasteiger charge is 2.15. The van der Waals surface area contributed by atoms with Crippen LogP contribution in [0.25, 0.3) is 0 Å². The van der Waals surface area contributed by atoms with E-state index in [9.17, 15) is 4.79 Å². The standard InChI is InChI=1S/C11H14N2O/c1-3-4-5-6-10(2)13-8-7-12-11(14)9-13/h1,4-6H,7-9H2,2H3,(H,12,14)/b5-4?,10-6+. The van der Waals surface area contributed by atoms with Gasteiger partial charge in [-0.25, -0.2) is 0 Å². The lowest BCUT2D eigenvalue weighted by atomic mass is 10.3. The van der Waals surface area contributed by atoms with E-state index < -0.39 is 0 Å². The van der Waals surface area contributed by atoms with Gasteiger partial charge in [-0.3, -0.25) is 4.79 Å². The third-order valence-electron chi connectivity index (χ3n) is 2.07. The molecule has 0 saturated carbocycles. The molecule has 1 amide bonds. The van der Waals surface area contributed by atoms with Gasteiger partial charge in [0, 0.05) is 18.8 Å². The van der Waals surface area contributed by atoms with Gasteiger partial charge in [-0.05, 0) is 19.1 Å². The topological polar surface area (TPSA) is 32.3 Å². The first-order valence-electron chi connectivity index (χ1n) is 4.55. The van der Waals surface area contributed by atoms with Crippen molar-refractivity contribution in [1.29, 1.82) is 0 Å². The largest absolute Gasteiger partial charge is 0.364 e. The summed E-state index contributed by atoms with van der Waals surface area (Å²) in [6.07, 6.45) is 10.4. The van der Waals surface area contributed by atoms with Gasteiger partial charge in [0.05, 0.1) is 6.54 Å². The second-order valence-electron chi connectivity index (χ2n) is 3.11. The molecule has 3 nitrogen and oxygen atoms in total. The smallest absolute Gasteiger partial charge is 0.239 e. The Morgan fingerprint density at radius 1 is 1.71 bits per heavy atom. The van der Waals surface area contributed by atoms with Gasteiger partial charge < -0.3 is 10.2 Å². The van der Waals surface area contributed by atoms with Crippen molar-refractivity contribution in [3.8, 4) is 12.3 Å². The van der Waals surface area contributed by atoms with E-state index in [0.717, 1.165) is 12.2 Å². The summed E-state index contributed by atoms with van der Waals surface area (Å²) in [6.45, 7) is 3.98. The Labute approximate surface area is 84.5 Å². The molecule has 0 radical (unpaired) electrons. The predicted octanol–water partition coefficient (Wildman–Crippen LogP) is 0.511. The minimum Gasteiger partial charge on any atom is -0.364 e. The van der Waals surface area contributed by atoms with Gasteiger partial charge in [-0.1, -0.05) is 12.0 Å². The zero-order valence-electron chi connectivity index (χ0n) is 8.29. The molecule has 0 aliphatic carbocycles. The molecule has 74 valence electrons. The summed E-state index contributed by atoms with van der Waals surface area (Å²) in [5.74, 6) is 2.49. The fraction of sp³-hybridized carbons (Fsp3) is 0.364. The van der Waals surface area contributed by atoms with Gasteiger partial charge in [0.15, 0.2) is 0 Å². The van der Waals surface area contributed by atoms with Gasteiger partial charge in [-0.15, -0.1) is 6.42 Å². The Balaban J connectivity index is 2.55. The molecule has 14 heavy (non-hydrogen) atoms. The third-order valence-corrected chi connectivity index (χ3v) is 2.07. The van der Waals surface area contributed by atoms with E-state index in [0.29, 0.717) is 13.1 Å². The second kappa shape index (κ2) is 5.13. The van der Waals surface area contributed by atoms with Crippen molar-refractivity contribution in [2.45, 2.75) is 6.92 Å². The summed E-state index contributed by atoms with van der Waals surface area (Å²) < 4.78 is 0. The quantitative estimate of drug-likeness (QED) is 0.508. The fourth-order valence-electron chi connectivity index (χ4n) is 1.29. The molecule has 1 heterocycles. The highest BCUT2D eigenvalue weighted by Crippen LogP contribution is 2.04. The molecule has 0 unspecified atom stereocenters. The molecule has 0 aromatic rings. The number of carbonyl (C=O) groups excluding carboxylic acids is 1. The minimum atomic E-state index is 0.0740. The van der Waals surface area contributed by atoms with Crippen LogP contribution in [0.5, 0.6) is 0 Å². The Morgan fingerprint density at radius 2 is 2.50 bits per heavy atom. The number of terminal acetylenes is 1. The molecule has 1 rings (SSSR count). The molecule has 1 aliphatic heterocycles. The fourth-order valence-corrected chi connectivity index (χ4v) is 1.29. The number of carbonyl (C=O) groups is 1. The van der Waals surface area contributed by atoms with Crippen molar-refractivity contribution in [1.82, 2.24) is 10.2 Å². The second-order valence-corrected chi connectivity index (χ2v) is 3.11. The van der Waals surface area contributed by atoms with E-state index in [1.54, 1.807) is 6.08 Å². The molecule has 0 atom stereocenters. The van der Waals surface area contributed by atoms with Crippen molar-refractivity contribution in [3.05, 3.63) is 23.9 Å². The number of hydrogen-bond donors (Lipinski definition) is 1. The first-order chi connectivity index (χ1) is 6.74. The number of amides is 1. The predicted molar refractivity (Wildman–Crippen MR) is 56.3 cm³/mol. The van der Waals surface area contributed by atoms with Crippen LogP contribution in [0, 0.1) is 12.3 Å². The molecular formula is C11H14N2O. The summed E-state index contributed by atoms with van der Waals surface area (Å²) >= 11 is 0. The number of allylic oxidation sites excluding steroid dienone is 4. The average molecular weight is 190 g/mol. The maximum atomic E-state index is 11.1. The SMILES string of the molecule is C#CC=C/C=C(\C)N1CCNC(=O)C1. The summed E-state index contributed by atoms with van der Waals surface area (Å²) in [5.41, 5.74) is 1.06. The average Bonchev–Trinajstić information content (AvgIpc) is 2.18. The van der Waals surface area contributed by atoms with Gasteiger partial charge >= 0.3 is 0 Å².